The van der Waals surface area contributed by atoms with Gasteiger partial charge in [0.25, 0.3) is 0 Å². The SMILES string of the molecule is COc1cccc(C(C#N)C(C)O)c1. The van der Waals surface area contributed by atoms with Crippen LogP contribution in [-0.4, -0.2) is 18.3 Å². The van der Waals surface area contributed by atoms with Crippen molar-refractivity contribution in [2.75, 3.05) is 7.11 Å². The van der Waals surface area contributed by atoms with Crippen molar-refractivity contribution in [3.05, 3.63) is 29.8 Å². The molecular formula is C11H13NO2. The second-order valence-electron chi connectivity index (χ2n) is 3.12. The molecule has 1 rings (SSSR count). The lowest BCUT2D eigenvalue weighted by Crippen LogP contribution is -2.12. The molecule has 0 aliphatic heterocycles. The predicted molar refractivity (Wildman–Crippen MR) is 53.0 cm³/mol. The second-order valence-corrected chi connectivity index (χ2v) is 3.12. The summed E-state index contributed by atoms with van der Waals surface area (Å²) in [5, 5.41) is 18.2. The molecule has 14 heavy (non-hydrogen) atoms. The summed E-state index contributed by atoms with van der Waals surface area (Å²) in [4.78, 5) is 0. The van der Waals surface area contributed by atoms with E-state index in [1.54, 1.807) is 32.2 Å². The summed E-state index contributed by atoms with van der Waals surface area (Å²) in [5.74, 6) is 0.202. The molecule has 3 nitrogen and oxygen atoms in total. The van der Waals surface area contributed by atoms with Crippen LogP contribution in [0.15, 0.2) is 24.3 Å². The van der Waals surface area contributed by atoms with Crippen molar-refractivity contribution in [1.82, 2.24) is 0 Å². The Balaban J connectivity index is 3.00. The van der Waals surface area contributed by atoms with Crippen molar-refractivity contribution >= 4 is 0 Å². The maximum Gasteiger partial charge on any atom is 0.119 e. The van der Waals surface area contributed by atoms with Gasteiger partial charge in [-0.2, -0.15) is 5.26 Å². The van der Waals surface area contributed by atoms with Crippen LogP contribution in [0.2, 0.25) is 0 Å². The molecule has 0 aliphatic rings. The number of ether oxygens (including phenoxy) is 1. The van der Waals surface area contributed by atoms with Crippen molar-refractivity contribution in [3.63, 3.8) is 0 Å². The first-order valence-corrected chi connectivity index (χ1v) is 4.40. The Hall–Kier alpha value is -1.53. The van der Waals surface area contributed by atoms with Gasteiger partial charge in [-0.3, -0.25) is 0 Å². The number of hydrogen-bond donors (Lipinski definition) is 1. The van der Waals surface area contributed by atoms with E-state index in [1.165, 1.54) is 0 Å². The third kappa shape index (κ3) is 2.24. The highest BCUT2D eigenvalue weighted by molar-refractivity contribution is 5.34. The molecule has 0 aliphatic carbocycles. The van der Waals surface area contributed by atoms with E-state index in [1.807, 2.05) is 6.07 Å². The van der Waals surface area contributed by atoms with Gasteiger partial charge in [-0.1, -0.05) is 12.1 Å². The maximum atomic E-state index is 9.37. The van der Waals surface area contributed by atoms with Crippen LogP contribution in [0, 0.1) is 11.3 Å². The fourth-order valence-electron chi connectivity index (χ4n) is 1.30. The molecule has 0 heterocycles. The number of benzene rings is 1. The molecule has 74 valence electrons. The van der Waals surface area contributed by atoms with Gasteiger partial charge in [-0.05, 0) is 24.6 Å². The highest BCUT2D eigenvalue weighted by Gasteiger charge is 2.16. The Kier molecular flexibility index (Phi) is 3.49. The van der Waals surface area contributed by atoms with Crippen LogP contribution in [0.25, 0.3) is 0 Å². The summed E-state index contributed by atoms with van der Waals surface area (Å²) in [6.45, 7) is 1.60. The van der Waals surface area contributed by atoms with Crippen molar-refractivity contribution in [2.45, 2.75) is 18.9 Å². The van der Waals surface area contributed by atoms with Gasteiger partial charge in [0.05, 0.1) is 25.2 Å². The molecule has 1 aromatic carbocycles. The zero-order valence-corrected chi connectivity index (χ0v) is 8.27. The van der Waals surface area contributed by atoms with Gasteiger partial charge in [-0.15, -0.1) is 0 Å². The number of nitrogens with zero attached hydrogens (tertiary/aromatic N) is 1. The molecule has 2 unspecified atom stereocenters. The fourth-order valence-corrected chi connectivity index (χ4v) is 1.30. The highest BCUT2D eigenvalue weighted by atomic mass is 16.5. The van der Waals surface area contributed by atoms with E-state index < -0.39 is 12.0 Å². The summed E-state index contributed by atoms with van der Waals surface area (Å²) in [5.41, 5.74) is 0.779. The van der Waals surface area contributed by atoms with Crippen LogP contribution in [0.5, 0.6) is 5.75 Å². The first-order valence-electron chi connectivity index (χ1n) is 4.40. The highest BCUT2D eigenvalue weighted by Crippen LogP contribution is 2.22. The third-order valence-corrected chi connectivity index (χ3v) is 2.07. The van der Waals surface area contributed by atoms with E-state index in [9.17, 15) is 5.11 Å². The van der Waals surface area contributed by atoms with Gasteiger partial charge < -0.3 is 9.84 Å². The minimum Gasteiger partial charge on any atom is -0.497 e. The molecule has 0 radical (unpaired) electrons. The first-order chi connectivity index (χ1) is 6.69. The summed E-state index contributed by atoms with van der Waals surface area (Å²) in [6.07, 6.45) is -0.674. The maximum absolute atomic E-state index is 9.37. The largest absolute Gasteiger partial charge is 0.497 e. The van der Waals surface area contributed by atoms with Crippen molar-refractivity contribution in [1.29, 1.82) is 5.26 Å². The monoisotopic (exact) mass is 191 g/mol. The average Bonchev–Trinajstić information content (AvgIpc) is 2.19. The number of aliphatic hydroxyl groups is 1. The van der Waals surface area contributed by atoms with E-state index in [4.69, 9.17) is 10.00 Å². The predicted octanol–water partition coefficient (Wildman–Crippen LogP) is 1.68. The van der Waals surface area contributed by atoms with Crippen molar-refractivity contribution in [3.8, 4) is 11.8 Å². The van der Waals surface area contributed by atoms with E-state index in [0.717, 1.165) is 5.56 Å². The summed E-state index contributed by atoms with van der Waals surface area (Å²) >= 11 is 0. The Labute approximate surface area is 83.6 Å². The molecule has 0 saturated heterocycles. The summed E-state index contributed by atoms with van der Waals surface area (Å²) in [7, 11) is 1.57. The van der Waals surface area contributed by atoms with Crippen LogP contribution < -0.4 is 4.74 Å². The Bertz CT molecular complexity index is 341. The van der Waals surface area contributed by atoms with Gasteiger partial charge in [0.2, 0.25) is 0 Å². The van der Waals surface area contributed by atoms with Gasteiger partial charge >= 0.3 is 0 Å². The van der Waals surface area contributed by atoms with Crippen LogP contribution in [0.4, 0.5) is 0 Å². The smallest absolute Gasteiger partial charge is 0.119 e. The molecule has 0 aromatic heterocycles. The Morgan fingerprint density at radius 2 is 2.21 bits per heavy atom. The van der Waals surface area contributed by atoms with Gasteiger partial charge in [0.15, 0.2) is 0 Å². The van der Waals surface area contributed by atoms with Crippen LogP contribution >= 0.6 is 0 Å². The normalized spacial score (nSPS) is 14.1. The average molecular weight is 191 g/mol. The molecule has 3 heteroatoms. The molecule has 0 amide bonds. The number of hydrogen-bond acceptors (Lipinski definition) is 3. The minimum absolute atomic E-state index is 0.495. The van der Waals surface area contributed by atoms with E-state index >= 15 is 0 Å². The fraction of sp³-hybridized carbons (Fsp3) is 0.364. The lowest BCUT2D eigenvalue weighted by Gasteiger charge is -2.12. The number of rotatable bonds is 3. The summed E-state index contributed by atoms with van der Waals surface area (Å²) in [6, 6.07) is 9.25. The Morgan fingerprint density at radius 3 is 2.71 bits per heavy atom. The van der Waals surface area contributed by atoms with Crippen LogP contribution in [0.1, 0.15) is 18.4 Å². The lowest BCUT2D eigenvalue weighted by atomic mass is 9.96. The van der Waals surface area contributed by atoms with E-state index in [-0.39, 0.29) is 0 Å². The quantitative estimate of drug-likeness (QED) is 0.790. The topological polar surface area (TPSA) is 53.2 Å². The first kappa shape index (κ1) is 10.6. The van der Waals surface area contributed by atoms with Crippen LogP contribution in [0.3, 0.4) is 0 Å². The third-order valence-electron chi connectivity index (χ3n) is 2.07. The lowest BCUT2D eigenvalue weighted by molar-refractivity contribution is 0.181. The zero-order valence-electron chi connectivity index (χ0n) is 8.27. The molecule has 1 N–H and O–H groups in total. The molecule has 0 spiro atoms. The number of methoxy groups -OCH3 is 1. The molecule has 2 atom stereocenters. The molecule has 1 aromatic rings. The van der Waals surface area contributed by atoms with Crippen molar-refractivity contribution < 1.29 is 9.84 Å². The molecule has 0 saturated carbocycles. The Morgan fingerprint density at radius 1 is 1.50 bits per heavy atom. The molecule has 0 fully saturated rings. The van der Waals surface area contributed by atoms with Gasteiger partial charge in [-0.25, -0.2) is 0 Å². The van der Waals surface area contributed by atoms with E-state index in [0.29, 0.717) is 5.75 Å². The zero-order chi connectivity index (χ0) is 10.6. The second kappa shape index (κ2) is 4.64. The van der Waals surface area contributed by atoms with Crippen molar-refractivity contribution in [2.24, 2.45) is 0 Å². The van der Waals surface area contributed by atoms with Crippen LogP contribution in [-0.2, 0) is 0 Å². The standard InChI is InChI=1S/C11H13NO2/c1-8(13)11(7-12)9-4-3-5-10(6-9)14-2/h3-6,8,11,13H,1-2H3. The summed E-state index contributed by atoms with van der Waals surface area (Å²) < 4.78 is 5.04. The van der Waals surface area contributed by atoms with Gasteiger partial charge in [0, 0.05) is 0 Å². The minimum atomic E-state index is -0.674. The van der Waals surface area contributed by atoms with E-state index in [2.05, 4.69) is 6.07 Å². The number of aliphatic hydroxyl groups excluding tert-OH is 1. The number of nitriles is 1. The molecular weight excluding hydrogens is 178 g/mol. The van der Waals surface area contributed by atoms with Gasteiger partial charge in [0.1, 0.15) is 5.75 Å². The molecule has 0 bridgehead atoms.